The van der Waals surface area contributed by atoms with Crippen molar-refractivity contribution in [2.24, 2.45) is 0 Å². The molecule has 0 fully saturated rings. The van der Waals surface area contributed by atoms with Crippen LogP contribution in [0, 0.1) is 0 Å². The fourth-order valence-electron chi connectivity index (χ4n) is 5.59. The molecule has 2 amide bonds. The minimum Gasteiger partial charge on any atom is -0.311 e. The summed E-state index contributed by atoms with van der Waals surface area (Å²) >= 11 is 0. The van der Waals surface area contributed by atoms with E-state index in [4.69, 9.17) is 9.97 Å². The molecule has 5 rings (SSSR count). The van der Waals surface area contributed by atoms with Gasteiger partial charge in [0.05, 0.1) is 11.4 Å². The Morgan fingerprint density at radius 3 is 1.45 bits per heavy atom. The van der Waals surface area contributed by atoms with Crippen LogP contribution in [-0.4, -0.2) is 31.8 Å². The maximum absolute atomic E-state index is 12.4. The number of amides is 2. The number of carbonyl (C=O) groups is 2. The first-order valence-corrected chi connectivity index (χ1v) is 15.8. The van der Waals surface area contributed by atoms with E-state index in [1.54, 1.807) is 0 Å². The van der Waals surface area contributed by atoms with Gasteiger partial charge in [0.2, 0.25) is 11.8 Å². The first-order valence-electron chi connectivity index (χ1n) is 15.8. The lowest BCUT2D eigenvalue weighted by atomic mass is 9.90. The van der Waals surface area contributed by atoms with Crippen molar-refractivity contribution < 1.29 is 9.59 Å². The van der Waals surface area contributed by atoms with Crippen LogP contribution in [0.4, 0.5) is 11.6 Å². The van der Waals surface area contributed by atoms with Crippen LogP contribution in [0.1, 0.15) is 102 Å². The molecule has 2 N–H and O–H groups in total. The molecule has 0 aromatic carbocycles. The van der Waals surface area contributed by atoms with Crippen LogP contribution in [0.15, 0.2) is 36.4 Å². The third-order valence-electron chi connectivity index (χ3n) is 7.95. The predicted molar refractivity (Wildman–Crippen MR) is 169 cm³/mol. The third kappa shape index (κ3) is 7.46. The first kappa shape index (κ1) is 29.5. The second-order valence-electron chi connectivity index (χ2n) is 11.4. The summed E-state index contributed by atoms with van der Waals surface area (Å²) in [6.45, 7) is 4.38. The molecule has 0 aliphatic heterocycles. The lowest BCUT2D eigenvalue weighted by Gasteiger charge is -2.19. The van der Waals surface area contributed by atoms with Crippen molar-refractivity contribution >= 4 is 45.5 Å². The Labute approximate surface area is 248 Å². The highest BCUT2D eigenvalue weighted by Gasteiger charge is 2.21. The molecule has 0 saturated carbocycles. The molecule has 0 unspecified atom stereocenters. The van der Waals surface area contributed by atoms with Crippen LogP contribution in [0.2, 0.25) is 0 Å². The van der Waals surface area contributed by atoms with Crippen molar-refractivity contribution in [2.75, 3.05) is 10.6 Å². The van der Waals surface area contributed by atoms with Crippen LogP contribution < -0.4 is 10.6 Å². The zero-order valence-corrected chi connectivity index (χ0v) is 25.0. The summed E-state index contributed by atoms with van der Waals surface area (Å²) in [5.74, 6) is 1.09. The van der Waals surface area contributed by atoms with Gasteiger partial charge in [-0.1, -0.05) is 65.2 Å². The number of rotatable bonds is 14. The largest absolute Gasteiger partial charge is 0.311 e. The number of unbranched alkanes of at least 4 members (excludes halogenated alkanes) is 8. The van der Waals surface area contributed by atoms with Gasteiger partial charge in [-0.15, -0.1) is 0 Å². The Morgan fingerprint density at radius 1 is 0.595 bits per heavy atom. The molecule has 8 nitrogen and oxygen atoms in total. The smallest absolute Gasteiger partial charge is 0.225 e. The second-order valence-corrected chi connectivity index (χ2v) is 11.4. The monoisotopic (exact) mass is 566 g/mol. The maximum atomic E-state index is 12.4. The predicted octanol–water partition coefficient (Wildman–Crippen LogP) is 7.94. The van der Waals surface area contributed by atoms with E-state index < -0.39 is 0 Å². The number of aryl methyl sites for hydroxylation is 2. The molecule has 220 valence electrons. The van der Waals surface area contributed by atoms with Gasteiger partial charge in [0.1, 0.15) is 11.6 Å². The summed E-state index contributed by atoms with van der Waals surface area (Å²) in [6.07, 6.45) is 13.7. The van der Waals surface area contributed by atoms with Gasteiger partial charge in [0.25, 0.3) is 0 Å². The highest BCUT2D eigenvalue weighted by Crippen LogP contribution is 2.35. The van der Waals surface area contributed by atoms with Crippen LogP contribution in [-0.2, 0) is 22.4 Å². The first-order chi connectivity index (χ1) is 20.5. The molecule has 0 radical (unpaired) electrons. The molecule has 0 bridgehead atoms. The summed E-state index contributed by atoms with van der Waals surface area (Å²) in [7, 11) is 0. The molecule has 4 aromatic heterocycles. The van der Waals surface area contributed by atoms with Crippen molar-refractivity contribution in [3.63, 3.8) is 0 Å². The molecule has 8 heteroatoms. The molecular formula is C34H42N6O2. The van der Waals surface area contributed by atoms with Crippen molar-refractivity contribution in [1.82, 2.24) is 19.9 Å². The molecule has 4 heterocycles. The minimum atomic E-state index is 0.00179. The van der Waals surface area contributed by atoms with Crippen LogP contribution in [0.3, 0.4) is 0 Å². The summed E-state index contributed by atoms with van der Waals surface area (Å²) < 4.78 is 0. The van der Waals surface area contributed by atoms with E-state index in [9.17, 15) is 9.59 Å². The van der Waals surface area contributed by atoms with Crippen molar-refractivity contribution in [3.8, 4) is 11.1 Å². The van der Waals surface area contributed by atoms with E-state index in [1.807, 2.05) is 24.3 Å². The van der Waals surface area contributed by atoms with E-state index in [0.717, 1.165) is 71.8 Å². The van der Waals surface area contributed by atoms with Gasteiger partial charge < -0.3 is 10.6 Å². The average molecular weight is 567 g/mol. The van der Waals surface area contributed by atoms with Gasteiger partial charge in [-0.2, -0.15) is 0 Å². The number of fused-ring (bicyclic) bond motifs is 5. The van der Waals surface area contributed by atoms with Crippen molar-refractivity contribution in [3.05, 3.63) is 47.8 Å². The van der Waals surface area contributed by atoms with Crippen LogP contribution in [0.25, 0.3) is 33.2 Å². The van der Waals surface area contributed by atoms with Gasteiger partial charge in [-0.25, -0.2) is 19.9 Å². The summed E-state index contributed by atoms with van der Waals surface area (Å²) in [6, 6.07) is 11.9. The van der Waals surface area contributed by atoms with Gasteiger partial charge in [-0.3, -0.25) is 9.59 Å². The van der Waals surface area contributed by atoms with Crippen molar-refractivity contribution in [1.29, 1.82) is 0 Å². The average Bonchev–Trinajstić information content (AvgIpc) is 2.99. The second kappa shape index (κ2) is 14.3. The molecule has 4 aromatic rings. The molecule has 0 spiro atoms. The normalized spacial score (nSPS) is 12.2. The Bertz CT molecular complexity index is 1450. The Balaban J connectivity index is 1.28. The number of hydrogen-bond acceptors (Lipinski definition) is 6. The Morgan fingerprint density at radius 2 is 1.02 bits per heavy atom. The molecule has 1 aliphatic rings. The maximum Gasteiger partial charge on any atom is 0.225 e. The molecule has 0 saturated heterocycles. The van der Waals surface area contributed by atoms with Crippen LogP contribution >= 0.6 is 0 Å². The lowest BCUT2D eigenvalue weighted by Crippen LogP contribution is -2.13. The number of nitrogens with zero attached hydrogens (tertiary/aromatic N) is 4. The fraction of sp³-hybridized carbons (Fsp3) is 0.471. The van der Waals surface area contributed by atoms with E-state index in [1.165, 1.54) is 38.5 Å². The minimum absolute atomic E-state index is 0.00179. The van der Waals surface area contributed by atoms with Gasteiger partial charge >= 0.3 is 0 Å². The van der Waals surface area contributed by atoms with E-state index >= 15 is 0 Å². The number of carbonyl (C=O) groups excluding carboxylic acids is 2. The summed E-state index contributed by atoms with van der Waals surface area (Å²) in [4.78, 5) is 43.9. The fourth-order valence-corrected chi connectivity index (χ4v) is 5.59. The van der Waals surface area contributed by atoms with Gasteiger partial charge in [0, 0.05) is 34.7 Å². The molecular weight excluding hydrogens is 524 g/mol. The number of anilines is 2. The number of nitrogens with one attached hydrogen (secondary N) is 2. The molecule has 0 atom stereocenters. The van der Waals surface area contributed by atoms with E-state index in [-0.39, 0.29) is 11.8 Å². The summed E-state index contributed by atoms with van der Waals surface area (Å²) in [5, 5.41) is 7.72. The Kier molecular flexibility index (Phi) is 10.1. The topological polar surface area (TPSA) is 110 Å². The zero-order chi connectivity index (χ0) is 29.3. The highest BCUT2D eigenvalue weighted by atomic mass is 16.2. The number of aromatic nitrogens is 4. The molecule has 42 heavy (non-hydrogen) atoms. The standard InChI is InChI=1S/C34H42N6O2/c1-3-5-7-9-11-13-31(41)37-29-19-15-23-21-25-26-22-24-16-20-30(38-32(42)14-12-10-8-6-4-2)40-34(24)36-28(26)18-17-27(25)35-33(23)39-29/h15-16,19-22H,3-14,17-18H2,1-2H3,(H,35,37,39,41)(H,36,38,40,42). The van der Waals surface area contributed by atoms with Gasteiger partial charge in [0.15, 0.2) is 11.3 Å². The quantitative estimate of drug-likeness (QED) is 0.150. The van der Waals surface area contributed by atoms with E-state index in [2.05, 4.69) is 46.6 Å². The lowest BCUT2D eigenvalue weighted by molar-refractivity contribution is -0.117. The SMILES string of the molecule is CCCCCCCC(=O)Nc1ccc2cc3c(nc2n1)CCc1nc2nc(NC(=O)CCCCCCC)ccc2cc1-3. The van der Waals surface area contributed by atoms with Crippen LogP contribution in [0.5, 0.6) is 0 Å². The number of pyridine rings is 4. The van der Waals surface area contributed by atoms with E-state index in [0.29, 0.717) is 35.8 Å². The zero-order valence-electron chi connectivity index (χ0n) is 25.0. The van der Waals surface area contributed by atoms with Crippen molar-refractivity contribution in [2.45, 2.75) is 104 Å². The van der Waals surface area contributed by atoms with Gasteiger partial charge in [-0.05, 0) is 62.1 Å². The Hall–Kier alpha value is -3.94. The molecule has 1 aliphatic carbocycles. The third-order valence-corrected chi connectivity index (χ3v) is 7.95. The summed E-state index contributed by atoms with van der Waals surface area (Å²) in [5.41, 5.74) is 5.37. The highest BCUT2D eigenvalue weighted by molar-refractivity contribution is 5.94. The number of hydrogen-bond donors (Lipinski definition) is 2.